The molecule has 9 aromatic carbocycles. The molecule has 0 amide bonds. The van der Waals surface area contributed by atoms with Gasteiger partial charge in [0, 0.05) is 16.8 Å². The van der Waals surface area contributed by atoms with Crippen LogP contribution in [0.15, 0.2) is 229 Å². The van der Waals surface area contributed by atoms with Crippen LogP contribution in [0.5, 0.6) is 0 Å². The van der Waals surface area contributed by atoms with Gasteiger partial charge >= 0.3 is 0 Å². The number of amidine groups is 1. The average molecular weight is 729 g/mol. The number of rotatable bonds is 8. The van der Waals surface area contributed by atoms with Crippen molar-refractivity contribution in [2.24, 2.45) is 9.98 Å². The summed E-state index contributed by atoms with van der Waals surface area (Å²) in [5.41, 5.74) is 13.6. The minimum Gasteiger partial charge on any atom is -0.233 e. The second-order valence-corrected chi connectivity index (χ2v) is 14.3. The highest BCUT2D eigenvalue weighted by atomic mass is 14.9. The molecule has 0 fully saturated rings. The Morgan fingerprint density at radius 2 is 0.807 bits per heavy atom. The fourth-order valence-corrected chi connectivity index (χ4v) is 7.63. The van der Waals surface area contributed by atoms with E-state index in [4.69, 9.17) is 9.98 Å². The third kappa shape index (κ3) is 7.50. The third-order valence-corrected chi connectivity index (χ3v) is 10.6. The fourth-order valence-electron chi connectivity index (χ4n) is 7.63. The Morgan fingerprint density at radius 1 is 0.351 bits per heavy atom. The lowest BCUT2D eigenvalue weighted by atomic mass is 9.92. The van der Waals surface area contributed by atoms with Crippen molar-refractivity contribution >= 4 is 38.8 Å². The van der Waals surface area contributed by atoms with E-state index in [0.717, 1.165) is 44.7 Å². The van der Waals surface area contributed by atoms with Gasteiger partial charge in [-0.3, -0.25) is 0 Å². The number of nitrogens with zero attached hydrogens (tertiary/aromatic N) is 2. The first kappa shape index (κ1) is 35.3. The Kier molecular flexibility index (Phi) is 9.75. The van der Waals surface area contributed by atoms with Crippen LogP contribution in [-0.4, -0.2) is 11.5 Å². The Labute approximate surface area is 334 Å². The van der Waals surface area contributed by atoms with Crippen LogP contribution in [0.2, 0.25) is 0 Å². The van der Waals surface area contributed by atoms with Gasteiger partial charge in [0.25, 0.3) is 0 Å². The van der Waals surface area contributed by atoms with Crippen LogP contribution in [-0.2, 0) is 0 Å². The molecule has 0 saturated heterocycles. The van der Waals surface area contributed by atoms with Gasteiger partial charge in [-0.2, -0.15) is 0 Å². The normalized spacial score (nSPS) is 11.9. The van der Waals surface area contributed by atoms with Crippen LogP contribution >= 0.6 is 0 Å². The number of fused-ring (bicyclic) bond motifs is 3. The lowest BCUT2D eigenvalue weighted by Gasteiger charge is -2.13. The predicted molar refractivity (Wildman–Crippen MR) is 244 cm³/mol. The average Bonchev–Trinajstić information content (AvgIpc) is 3.29. The summed E-state index contributed by atoms with van der Waals surface area (Å²) in [6.07, 6.45) is 0. The summed E-state index contributed by atoms with van der Waals surface area (Å²) < 4.78 is 0. The standard InChI is InChI=1S/C55H40N2/c1-38(42-22-13-24-44(33-42)40-17-5-3-6-18-40)56-55(50-29-16-27-47(36-50)46-26-15-25-45(35-46)41-19-7-4-8-20-41)57-39(2)43-23-14-28-48(34-43)54-37-49-21-9-10-30-51(49)52-31-11-12-32-53(52)54/h3-37H,2H2,1H3. The molecule has 0 aliphatic carbocycles. The Morgan fingerprint density at radius 3 is 1.51 bits per heavy atom. The lowest BCUT2D eigenvalue weighted by molar-refractivity contribution is 1.44. The third-order valence-electron chi connectivity index (χ3n) is 10.6. The molecule has 0 spiro atoms. The summed E-state index contributed by atoms with van der Waals surface area (Å²) in [7, 11) is 0. The van der Waals surface area contributed by atoms with Gasteiger partial charge in [0.15, 0.2) is 5.84 Å². The molecular weight excluding hydrogens is 689 g/mol. The minimum absolute atomic E-state index is 0.602. The SMILES string of the molecule is C=C(N=C(N=C(C)c1cccc(-c2ccccc2)c1)c1cccc(-c2cccc(-c3ccccc3)c2)c1)c1cccc(-c2cc3ccccc3c3ccccc23)c1. The largest absolute Gasteiger partial charge is 0.233 e. The van der Waals surface area contributed by atoms with E-state index in [9.17, 15) is 0 Å². The van der Waals surface area contributed by atoms with E-state index < -0.39 is 0 Å². The second kappa shape index (κ2) is 15.7. The van der Waals surface area contributed by atoms with E-state index >= 15 is 0 Å². The van der Waals surface area contributed by atoms with Gasteiger partial charge in [0.2, 0.25) is 0 Å². The van der Waals surface area contributed by atoms with Gasteiger partial charge in [-0.05, 0) is 109 Å². The Hall–Kier alpha value is -7.42. The molecule has 9 rings (SSSR count). The zero-order valence-electron chi connectivity index (χ0n) is 31.8. The van der Waals surface area contributed by atoms with Crippen molar-refractivity contribution < 1.29 is 0 Å². The van der Waals surface area contributed by atoms with E-state index in [2.05, 4.69) is 214 Å². The molecular formula is C55H40N2. The molecule has 0 radical (unpaired) electrons. The number of hydrogen-bond acceptors (Lipinski definition) is 1. The fraction of sp³-hybridized carbons (Fsp3) is 0.0182. The summed E-state index contributed by atoms with van der Waals surface area (Å²) >= 11 is 0. The van der Waals surface area contributed by atoms with Gasteiger partial charge in [0.05, 0.1) is 5.70 Å². The molecule has 0 heterocycles. The lowest BCUT2D eigenvalue weighted by Crippen LogP contribution is -2.05. The van der Waals surface area contributed by atoms with E-state index in [1.165, 1.54) is 43.8 Å². The summed E-state index contributed by atoms with van der Waals surface area (Å²) in [6.45, 7) is 6.60. The van der Waals surface area contributed by atoms with Gasteiger partial charge < -0.3 is 0 Å². The predicted octanol–water partition coefficient (Wildman–Crippen LogP) is 14.6. The summed E-state index contributed by atoms with van der Waals surface area (Å²) in [5, 5.41) is 4.93. The van der Waals surface area contributed by atoms with E-state index in [1.807, 2.05) is 12.1 Å². The monoisotopic (exact) mass is 728 g/mol. The quantitative estimate of drug-likeness (QED) is 0.0845. The number of benzene rings is 9. The first-order valence-electron chi connectivity index (χ1n) is 19.3. The van der Waals surface area contributed by atoms with Crippen molar-refractivity contribution in [3.63, 3.8) is 0 Å². The van der Waals surface area contributed by atoms with E-state index in [-0.39, 0.29) is 0 Å². The van der Waals surface area contributed by atoms with Crippen molar-refractivity contribution in [1.29, 1.82) is 0 Å². The van der Waals surface area contributed by atoms with Gasteiger partial charge in [-0.1, -0.05) is 189 Å². The number of aliphatic imine (C=N–C) groups is 2. The highest BCUT2D eigenvalue weighted by Crippen LogP contribution is 2.36. The summed E-state index contributed by atoms with van der Waals surface area (Å²) in [6, 6.07) is 74.8. The van der Waals surface area contributed by atoms with Gasteiger partial charge in [0.1, 0.15) is 0 Å². The molecule has 0 aliphatic heterocycles. The molecule has 9 aromatic rings. The molecule has 2 nitrogen and oxygen atoms in total. The van der Waals surface area contributed by atoms with Crippen molar-refractivity contribution in [2.75, 3.05) is 0 Å². The van der Waals surface area contributed by atoms with Gasteiger partial charge in [-0.15, -0.1) is 0 Å². The van der Waals surface area contributed by atoms with Crippen LogP contribution in [0.25, 0.3) is 71.7 Å². The topological polar surface area (TPSA) is 24.7 Å². The minimum atomic E-state index is 0.602. The smallest absolute Gasteiger partial charge is 0.160 e. The van der Waals surface area contributed by atoms with Crippen LogP contribution in [0, 0.1) is 0 Å². The van der Waals surface area contributed by atoms with Gasteiger partial charge in [-0.25, -0.2) is 9.98 Å². The summed E-state index contributed by atoms with van der Waals surface area (Å²) in [4.78, 5) is 10.5. The molecule has 0 bridgehead atoms. The maximum absolute atomic E-state index is 5.28. The first-order chi connectivity index (χ1) is 28.1. The molecule has 270 valence electrons. The zero-order valence-corrected chi connectivity index (χ0v) is 31.8. The molecule has 0 aliphatic rings. The summed E-state index contributed by atoms with van der Waals surface area (Å²) in [5.74, 6) is 0.602. The highest BCUT2D eigenvalue weighted by molar-refractivity contribution is 6.15. The Bertz CT molecular complexity index is 2970. The molecule has 0 N–H and O–H groups in total. The van der Waals surface area contributed by atoms with Crippen LogP contribution in [0.3, 0.4) is 0 Å². The maximum atomic E-state index is 5.28. The molecule has 2 heteroatoms. The second-order valence-electron chi connectivity index (χ2n) is 14.3. The van der Waals surface area contributed by atoms with Crippen molar-refractivity contribution in [3.8, 4) is 44.5 Å². The van der Waals surface area contributed by atoms with Crippen LogP contribution in [0.4, 0.5) is 0 Å². The van der Waals surface area contributed by atoms with Crippen LogP contribution < -0.4 is 0 Å². The maximum Gasteiger partial charge on any atom is 0.160 e. The first-order valence-corrected chi connectivity index (χ1v) is 19.3. The Balaban J connectivity index is 1.14. The molecule has 0 unspecified atom stereocenters. The molecule has 0 saturated carbocycles. The molecule has 57 heavy (non-hydrogen) atoms. The van der Waals surface area contributed by atoms with E-state index in [1.54, 1.807) is 0 Å². The van der Waals surface area contributed by atoms with Crippen molar-refractivity contribution in [1.82, 2.24) is 0 Å². The zero-order chi connectivity index (χ0) is 38.6. The molecule has 0 aromatic heterocycles. The van der Waals surface area contributed by atoms with E-state index in [0.29, 0.717) is 11.5 Å². The molecule has 0 atom stereocenters. The highest BCUT2D eigenvalue weighted by Gasteiger charge is 2.13. The van der Waals surface area contributed by atoms with Crippen molar-refractivity contribution in [3.05, 3.63) is 236 Å². The van der Waals surface area contributed by atoms with Crippen LogP contribution in [0.1, 0.15) is 23.6 Å². The number of hydrogen-bond donors (Lipinski definition) is 0. The van der Waals surface area contributed by atoms with Crippen molar-refractivity contribution in [2.45, 2.75) is 6.92 Å².